The fourth-order valence-electron chi connectivity index (χ4n) is 3.52. The molecule has 1 fully saturated rings. The maximum atomic E-state index is 10.1. The van der Waals surface area contributed by atoms with E-state index in [1.807, 2.05) is 6.34 Å². The van der Waals surface area contributed by atoms with Gasteiger partial charge in [0.25, 0.3) is 0 Å². The van der Waals surface area contributed by atoms with Gasteiger partial charge in [-0.05, 0) is 12.8 Å². The number of aliphatic hydroxyl groups excluding tert-OH is 2. The van der Waals surface area contributed by atoms with Gasteiger partial charge in [0, 0.05) is 19.5 Å². The van der Waals surface area contributed by atoms with Crippen LogP contribution < -0.4 is 4.74 Å². The van der Waals surface area contributed by atoms with Crippen LogP contribution in [-0.4, -0.2) is 79.5 Å². The summed E-state index contributed by atoms with van der Waals surface area (Å²) in [4.78, 5) is 20.2. The van der Waals surface area contributed by atoms with Crippen molar-refractivity contribution < 1.29 is 19.7 Å². The van der Waals surface area contributed by atoms with Gasteiger partial charge in [-0.15, -0.1) is 0 Å². The summed E-state index contributed by atoms with van der Waals surface area (Å²) in [5, 5.41) is 19.5. The molecule has 3 rings (SSSR count). The maximum absolute atomic E-state index is 10.1. The summed E-state index contributed by atoms with van der Waals surface area (Å²) in [6, 6.07) is 0.164. The van der Waals surface area contributed by atoms with Crippen molar-refractivity contribution in [2.75, 3.05) is 26.3 Å². The van der Waals surface area contributed by atoms with Crippen LogP contribution in [0.3, 0.4) is 0 Å². The van der Waals surface area contributed by atoms with E-state index in [1.165, 1.54) is 0 Å². The number of nitrogens with zero attached hydrogens (tertiary/aromatic N) is 6. The lowest BCUT2D eigenvalue weighted by molar-refractivity contribution is -0.0432. The molecule has 3 atom stereocenters. The zero-order chi connectivity index (χ0) is 22.9. The molecule has 10 nitrogen and oxygen atoms in total. The van der Waals surface area contributed by atoms with Gasteiger partial charge in [-0.2, -0.15) is 9.97 Å². The van der Waals surface area contributed by atoms with Crippen molar-refractivity contribution in [3.63, 3.8) is 0 Å². The molecule has 2 aromatic heterocycles. The van der Waals surface area contributed by atoms with Crippen LogP contribution in [0.4, 0.5) is 5.82 Å². The van der Waals surface area contributed by atoms with Gasteiger partial charge in [0.05, 0.1) is 25.4 Å². The Balaban J connectivity index is 1.94. The number of aliphatic imine (C=N–C) groups is 1. The van der Waals surface area contributed by atoms with E-state index in [-0.39, 0.29) is 19.2 Å². The van der Waals surface area contributed by atoms with E-state index >= 15 is 0 Å². The molecule has 32 heavy (non-hydrogen) atoms. The normalized spacial score (nSPS) is 20.9. The first-order valence-corrected chi connectivity index (χ1v) is 11.3. The number of unbranched alkanes of at least 4 members (excludes halogenated alkanes) is 2. The van der Waals surface area contributed by atoms with Crippen LogP contribution in [0.5, 0.6) is 6.01 Å². The molecule has 0 aromatic carbocycles. The molecule has 2 N–H and O–H groups in total. The average Bonchev–Trinajstić information content (AvgIpc) is 3.39. The molecule has 1 aliphatic rings. The first-order valence-electron chi connectivity index (χ1n) is 11.3. The number of ether oxygens (including phenoxy) is 2. The molecular weight excluding hydrogens is 412 g/mol. The molecule has 1 saturated heterocycles. The molecule has 0 spiro atoms. The number of aromatic nitrogens is 4. The predicted octanol–water partition coefficient (Wildman–Crippen LogP) is 2.59. The second kappa shape index (κ2) is 11.9. The molecule has 3 heterocycles. The van der Waals surface area contributed by atoms with Crippen molar-refractivity contribution in [2.45, 2.75) is 64.4 Å². The first kappa shape index (κ1) is 24.1. The Hall–Kier alpha value is -2.56. The fourth-order valence-corrected chi connectivity index (χ4v) is 3.52. The SMILES string of the molecule is C=CCOc1nc(/N=C/N(CCCC)CCCC)c2ncn([C@H]3C[C@H](O)[C@@H](CO)O3)c2n1. The van der Waals surface area contributed by atoms with E-state index < -0.39 is 18.4 Å². The monoisotopic (exact) mass is 446 g/mol. The summed E-state index contributed by atoms with van der Waals surface area (Å²) < 4.78 is 13.1. The zero-order valence-electron chi connectivity index (χ0n) is 18.9. The Morgan fingerprint density at radius 2 is 2.06 bits per heavy atom. The number of aliphatic hydroxyl groups is 2. The minimum absolute atomic E-state index is 0.164. The van der Waals surface area contributed by atoms with Crippen molar-refractivity contribution in [2.24, 2.45) is 4.99 Å². The summed E-state index contributed by atoms with van der Waals surface area (Å²) in [6.07, 6.45) is 7.85. The Morgan fingerprint density at radius 1 is 1.31 bits per heavy atom. The van der Waals surface area contributed by atoms with Crippen LogP contribution >= 0.6 is 0 Å². The van der Waals surface area contributed by atoms with E-state index in [4.69, 9.17) is 9.47 Å². The molecule has 0 amide bonds. The van der Waals surface area contributed by atoms with Gasteiger partial charge < -0.3 is 24.6 Å². The van der Waals surface area contributed by atoms with E-state index in [0.29, 0.717) is 23.4 Å². The highest BCUT2D eigenvalue weighted by Crippen LogP contribution is 2.33. The molecule has 2 aromatic rings. The molecule has 176 valence electrons. The fraction of sp³-hybridized carbons (Fsp3) is 0.636. The number of imidazole rings is 1. The van der Waals surface area contributed by atoms with Gasteiger partial charge in [0.15, 0.2) is 17.0 Å². The second-order valence-corrected chi connectivity index (χ2v) is 7.86. The molecular formula is C22H34N6O4. The number of hydrogen-bond acceptors (Lipinski definition) is 8. The molecule has 0 saturated carbocycles. The van der Waals surface area contributed by atoms with Gasteiger partial charge in [-0.1, -0.05) is 39.3 Å². The highest BCUT2D eigenvalue weighted by molar-refractivity contribution is 5.83. The number of rotatable bonds is 13. The Morgan fingerprint density at radius 3 is 2.69 bits per heavy atom. The molecule has 0 radical (unpaired) electrons. The van der Waals surface area contributed by atoms with Crippen molar-refractivity contribution in [3.8, 4) is 6.01 Å². The van der Waals surface area contributed by atoms with Gasteiger partial charge in [0.2, 0.25) is 0 Å². The Bertz CT molecular complexity index is 894. The third-order valence-corrected chi connectivity index (χ3v) is 5.35. The van der Waals surface area contributed by atoms with Crippen molar-refractivity contribution in [1.29, 1.82) is 0 Å². The maximum Gasteiger partial charge on any atom is 0.320 e. The van der Waals surface area contributed by atoms with Crippen molar-refractivity contribution in [1.82, 2.24) is 24.4 Å². The van der Waals surface area contributed by atoms with E-state index in [0.717, 1.165) is 38.8 Å². The lowest BCUT2D eigenvalue weighted by Gasteiger charge is -2.18. The summed E-state index contributed by atoms with van der Waals surface area (Å²) in [7, 11) is 0. The highest BCUT2D eigenvalue weighted by atomic mass is 16.5. The summed E-state index contributed by atoms with van der Waals surface area (Å²) >= 11 is 0. The third-order valence-electron chi connectivity index (χ3n) is 5.35. The Labute approximate surface area is 188 Å². The van der Waals surface area contributed by atoms with Crippen LogP contribution in [0.2, 0.25) is 0 Å². The lowest BCUT2D eigenvalue weighted by Crippen LogP contribution is -2.24. The highest BCUT2D eigenvalue weighted by Gasteiger charge is 2.35. The van der Waals surface area contributed by atoms with Crippen LogP contribution in [0.15, 0.2) is 24.0 Å². The molecule has 0 aliphatic carbocycles. The van der Waals surface area contributed by atoms with Crippen LogP contribution in [0, 0.1) is 0 Å². The van der Waals surface area contributed by atoms with Gasteiger partial charge in [-0.3, -0.25) is 4.57 Å². The van der Waals surface area contributed by atoms with Gasteiger partial charge >= 0.3 is 6.01 Å². The summed E-state index contributed by atoms with van der Waals surface area (Å²) in [6.45, 7) is 9.87. The van der Waals surface area contributed by atoms with Gasteiger partial charge in [0.1, 0.15) is 18.9 Å². The van der Waals surface area contributed by atoms with Crippen LogP contribution in [0.25, 0.3) is 11.2 Å². The van der Waals surface area contributed by atoms with E-state index in [1.54, 1.807) is 17.0 Å². The topological polar surface area (TPSA) is 118 Å². The lowest BCUT2D eigenvalue weighted by atomic mass is 10.2. The molecule has 1 aliphatic heterocycles. The minimum atomic E-state index is -0.760. The molecule has 0 bridgehead atoms. The van der Waals surface area contributed by atoms with Crippen molar-refractivity contribution >= 4 is 23.3 Å². The molecule has 10 heteroatoms. The van der Waals surface area contributed by atoms with E-state index in [9.17, 15) is 10.2 Å². The largest absolute Gasteiger partial charge is 0.459 e. The average molecular weight is 447 g/mol. The van der Waals surface area contributed by atoms with Crippen molar-refractivity contribution in [3.05, 3.63) is 19.0 Å². The van der Waals surface area contributed by atoms with Crippen LogP contribution in [-0.2, 0) is 4.74 Å². The molecule has 0 unspecified atom stereocenters. The summed E-state index contributed by atoms with van der Waals surface area (Å²) in [5.41, 5.74) is 1.01. The van der Waals surface area contributed by atoms with Crippen LogP contribution in [0.1, 0.15) is 52.2 Å². The quantitative estimate of drug-likeness (QED) is 0.274. The zero-order valence-corrected chi connectivity index (χ0v) is 18.9. The second-order valence-electron chi connectivity index (χ2n) is 7.86. The minimum Gasteiger partial charge on any atom is -0.459 e. The number of fused-ring (bicyclic) bond motifs is 1. The number of hydrogen-bond donors (Lipinski definition) is 2. The third kappa shape index (κ3) is 5.81. The first-order chi connectivity index (χ1) is 15.6. The Kier molecular flexibility index (Phi) is 8.95. The van der Waals surface area contributed by atoms with E-state index in [2.05, 4.69) is 45.3 Å². The van der Waals surface area contributed by atoms with Gasteiger partial charge in [-0.25, -0.2) is 9.98 Å². The predicted molar refractivity (Wildman–Crippen MR) is 122 cm³/mol. The smallest absolute Gasteiger partial charge is 0.320 e. The standard InChI is InChI=1S/C22H34N6O4/c1-4-7-9-27(10-8-5-2)14-24-20-19-21(26-22(25-20)31-11-6-3)28(15-23-19)18-12-16(30)17(13-29)32-18/h6,14-18,29-30H,3-5,7-13H2,1-2H3/b24-14+/t16-,17+,18+/m0/s1. The summed E-state index contributed by atoms with van der Waals surface area (Å²) in [5.74, 6) is 0.406.